The van der Waals surface area contributed by atoms with Gasteiger partial charge in [-0.25, -0.2) is 14.8 Å². The number of rotatable bonds is 5. The first-order chi connectivity index (χ1) is 14.9. The Hall–Kier alpha value is -4.47. The number of ether oxygens (including phenoxy) is 1. The highest BCUT2D eigenvalue weighted by Crippen LogP contribution is 2.34. The Kier molecular flexibility index (Phi) is 4.96. The SMILES string of the molecule is COc1ccccc1N(C(N)=O)c1cncc(C(=O)c2cn(C)c3ncnc(N)c23)c1. The van der Waals surface area contributed by atoms with E-state index in [9.17, 15) is 9.59 Å². The number of methoxy groups -OCH3 is 1. The molecule has 1 aromatic carbocycles. The molecule has 0 bridgehead atoms. The smallest absolute Gasteiger partial charge is 0.324 e. The summed E-state index contributed by atoms with van der Waals surface area (Å²) in [5.74, 6) is 0.300. The number of anilines is 3. The molecule has 0 spiro atoms. The molecule has 10 heteroatoms. The summed E-state index contributed by atoms with van der Waals surface area (Å²) < 4.78 is 7.04. The van der Waals surface area contributed by atoms with Crippen molar-refractivity contribution in [3.05, 3.63) is 66.4 Å². The van der Waals surface area contributed by atoms with Crippen LogP contribution in [0.2, 0.25) is 0 Å². The number of aryl methyl sites for hydroxylation is 1. The summed E-state index contributed by atoms with van der Waals surface area (Å²) >= 11 is 0. The van der Waals surface area contributed by atoms with Gasteiger partial charge in [-0.2, -0.15) is 0 Å². The monoisotopic (exact) mass is 417 g/mol. The lowest BCUT2D eigenvalue weighted by Crippen LogP contribution is -2.32. The van der Waals surface area contributed by atoms with Crippen LogP contribution >= 0.6 is 0 Å². The highest BCUT2D eigenvalue weighted by molar-refractivity contribution is 6.18. The molecule has 4 rings (SSSR count). The molecular weight excluding hydrogens is 398 g/mol. The molecule has 4 aromatic rings. The minimum absolute atomic E-state index is 0.200. The van der Waals surface area contributed by atoms with Crippen molar-refractivity contribution < 1.29 is 14.3 Å². The van der Waals surface area contributed by atoms with E-state index in [0.717, 1.165) is 0 Å². The Morgan fingerprint density at radius 2 is 1.94 bits per heavy atom. The minimum Gasteiger partial charge on any atom is -0.495 e. The number of aromatic nitrogens is 4. The van der Waals surface area contributed by atoms with Crippen LogP contribution in [0.4, 0.5) is 22.0 Å². The fourth-order valence-corrected chi connectivity index (χ4v) is 3.44. The molecule has 0 fully saturated rings. The second-order valence-electron chi connectivity index (χ2n) is 6.72. The topological polar surface area (TPSA) is 142 Å². The standard InChI is InChI=1S/C21H19N7O3/c1-27-10-14(17-19(22)25-11-26-20(17)27)18(29)12-7-13(9-24-8-12)28(21(23)30)15-5-3-4-6-16(15)31-2/h3-11H,1-2H3,(H2,23,30)(H2,22,25,26). The van der Waals surface area contributed by atoms with Crippen molar-refractivity contribution in [2.75, 3.05) is 17.7 Å². The molecule has 156 valence electrons. The van der Waals surface area contributed by atoms with Gasteiger partial charge in [-0.05, 0) is 18.2 Å². The number of hydrogen-bond acceptors (Lipinski definition) is 7. The second kappa shape index (κ2) is 7.75. The summed E-state index contributed by atoms with van der Waals surface area (Å²) in [6.07, 6.45) is 5.82. The van der Waals surface area contributed by atoms with E-state index >= 15 is 0 Å². The number of amides is 2. The van der Waals surface area contributed by atoms with Crippen LogP contribution in [0, 0.1) is 0 Å². The molecule has 0 aliphatic carbocycles. The van der Waals surface area contributed by atoms with Crippen molar-refractivity contribution in [1.29, 1.82) is 0 Å². The number of nitrogens with zero attached hydrogens (tertiary/aromatic N) is 5. The van der Waals surface area contributed by atoms with Crippen LogP contribution in [0.1, 0.15) is 15.9 Å². The number of carbonyl (C=O) groups excluding carboxylic acids is 2. The Labute approximate surface area is 177 Å². The van der Waals surface area contributed by atoms with Gasteiger partial charge in [0.25, 0.3) is 0 Å². The second-order valence-corrected chi connectivity index (χ2v) is 6.72. The molecule has 0 atom stereocenters. The van der Waals surface area contributed by atoms with Gasteiger partial charge in [0.2, 0.25) is 0 Å². The first-order valence-corrected chi connectivity index (χ1v) is 9.20. The Morgan fingerprint density at radius 3 is 2.68 bits per heavy atom. The lowest BCUT2D eigenvalue weighted by Gasteiger charge is -2.22. The van der Waals surface area contributed by atoms with Gasteiger partial charge in [0, 0.05) is 25.0 Å². The first-order valence-electron chi connectivity index (χ1n) is 9.20. The zero-order valence-electron chi connectivity index (χ0n) is 16.8. The van der Waals surface area contributed by atoms with Crippen molar-refractivity contribution in [3.63, 3.8) is 0 Å². The van der Waals surface area contributed by atoms with Crippen LogP contribution in [0.5, 0.6) is 5.75 Å². The lowest BCUT2D eigenvalue weighted by molar-refractivity contribution is 0.103. The number of fused-ring (bicyclic) bond motifs is 1. The van der Waals surface area contributed by atoms with Gasteiger partial charge < -0.3 is 20.8 Å². The molecule has 4 N–H and O–H groups in total. The summed E-state index contributed by atoms with van der Waals surface area (Å²) in [7, 11) is 3.25. The fraction of sp³-hybridized carbons (Fsp3) is 0.0952. The molecule has 0 saturated heterocycles. The van der Waals surface area contributed by atoms with Crippen LogP contribution in [0.3, 0.4) is 0 Å². The Bertz CT molecular complexity index is 1320. The average molecular weight is 417 g/mol. The van der Waals surface area contributed by atoms with Gasteiger partial charge in [0.05, 0.1) is 35.6 Å². The number of para-hydroxylation sites is 2. The van der Waals surface area contributed by atoms with E-state index in [-0.39, 0.29) is 17.2 Å². The molecule has 10 nitrogen and oxygen atoms in total. The van der Waals surface area contributed by atoms with Crippen molar-refractivity contribution in [3.8, 4) is 5.75 Å². The number of nitrogens with two attached hydrogens (primary N) is 2. The summed E-state index contributed by atoms with van der Waals surface area (Å²) in [4.78, 5) is 39.1. The summed E-state index contributed by atoms with van der Waals surface area (Å²) in [5, 5.41) is 0.455. The number of nitrogen functional groups attached to an aromatic ring is 1. The van der Waals surface area contributed by atoms with E-state index in [1.54, 1.807) is 42.1 Å². The molecule has 3 heterocycles. The van der Waals surface area contributed by atoms with Gasteiger partial charge in [-0.1, -0.05) is 12.1 Å². The van der Waals surface area contributed by atoms with Gasteiger partial charge in [0.15, 0.2) is 5.78 Å². The van der Waals surface area contributed by atoms with Crippen molar-refractivity contribution in [1.82, 2.24) is 19.5 Å². The van der Waals surface area contributed by atoms with E-state index < -0.39 is 6.03 Å². The maximum absolute atomic E-state index is 13.3. The van der Waals surface area contributed by atoms with E-state index in [2.05, 4.69) is 15.0 Å². The number of pyridine rings is 1. The predicted octanol–water partition coefficient (Wildman–Crippen LogP) is 2.40. The summed E-state index contributed by atoms with van der Waals surface area (Å²) in [6, 6.07) is 7.68. The molecule has 0 unspecified atom stereocenters. The zero-order chi connectivity index (χ0) is 22.1. The van der Waals surface area contributed by atoms with E-state index in [4.69, 9.17) is 16.2 Å². The van der Waals surface area contributed by atoms with Crippen LogP contribution < -0.4 is 21.1 Å². The molecule has 31 heavy (non-hydrogen) atoms. The van der Waals surface area contributed by atoms with Crippen LogP contribution in [-0.2, 0) is 7.05 Å². The van der Waals surface area contributed by atoms with Gasteiger partial charge in [-0.3, -0.25) is 14.7 Å². The number of primary amides is 1. The first kappa shape index (κ1) is 19.8. The summed E-state index contributed by atoms with van der Waals surface area (Å²) in [5.41, 5.74) is 13.5. The third-order valence-corrected chi connectivity index (χ3v) is 4.82. The number of urea groups is 1. The highest BCUT2D eigenvalue weighted by atomic mass is 16.5. The van der Waals surface area contributed by atoms with Crippen LogP contribution in [0.25, 0.3) is 11.0 Å². The lowest BCUT2D eigenvalue weighted by atomic mass is 10.0. The summed E-state index contributed by atoms with van der Waals surface area (Å²) in [6.45, 7) is 0. The fourth-order valence-electron chi connectivity index (χ4n) is 3.44. The largest absolute Gasteiger partial charge is 0.495 e. The zero-order valence-corrected chi connectivity index (χ0v) is 16.8. The number of benzene rings is 1. The molecule has 0 aliphatic heterocycles. The maximum atomic E-state index is 13.3. The van der Waals surface area contributed by atoms with Gasteiger partial charge in [0.1, 0.15) is 23.5 Å². The number of ketones is 1. The van der Waals surface area contributed by atoms with E-state index in [1.165, 1.54) is 36.8 Å². The molecule has 0 saturated carbocycles. The molecule has 2 amide bonds. The molecule has 3 aromatic heterocycles. The van der Waals surface area contributed by atoms with Gasteiger partial charge >= 0.3 is 6.03 Å². The maximum Gasteiger partial charge on any atom is 0.324 e. The van der Waals surface area contributed by atoms with Crippen molar-refractivity contribution >= 4 is 40.0 Å². The average Bonchev–Trinajstić information content (AvgIpc) is 3.11. The minimum atomic E-state index is -0.751. The highest BCUT2D eigenvalue weighted by Gasteiger charge is 2.23. The quantitative estimate of drug-likeness (QED) is 0.475. The molecule has 0 aliphatic rings. The predicted molar refractivity (Wildman–Crippen MR) is 115 cm³/mol. The normalized spacial score (nSPS) is 10.8. The van der Waals surface area contributed by atoms with Crippen LogP contribution in [0.15, 0.2) is 55.2 Å². The Morgan fingerprint density at radius 1 is 1.16 bits per heavy atom. The number of carbonyl (C=O) groups is 2. The third kappa shape index (κ3) is 3.39. The molecular formula is C21H19N7O3. The molecule has 0 radical (unpaired) electrons. The number of hydrogen-bond donors (Lipinski definition) is 2. The van der Waals surface area contributed by atoms with Crippen LogP contribution in [-0.4, -0.2) is 38.4 Å². The third-order valence-electron chi connectivity index (χ3n) is 4.82. The Balaban J connectivity index is 1.82. The van der Waals surface area contributed by atoms with Gasteiger partial charge in [-0.15, -0.1) is 0 Å². The van der Waals surface area contributed by atoms with Crippen molar-refractivity contribution in [2.24, 2.45) is 12.8 Å². The van der Waals surface area contributed by atoms with E-state index in [1.807, 2.05) is 0 Å². The van der Waals surface area contributed by atoms with E-state index in [0.29, 0.717) is 33.7 Å². The van der Waals surface area contributed by atoms with Crippen molar-refractivity contribution in [2.45, 2.75) is 0 Å².